The Hall–Kier alpha value is -6.12. The van der Waals surface area contributed by atoms with Crippen LogP contribution < -0.4 is 32.3 Å². The predicted octanol–water partition coefficient (Wildman–Crippen LogP) is 1.79. The first-order valence-corrected chi connectivity index (χ1v) is 17.7. The van der Waals surface area contributed by atoms with Crippen LogP contribution in [-0.4, -0.2) is 68.4 Å². The monoisotopic (exact) mass is 744 g/mol. The van der Waals surface area contributed by atoms with E-state index in [0.717, 1.165) is 0 Å². The zero-order valence-electron chi connectivity index (χ0n) is 30.6. The normalized spacial score (nSPS) is 24.2. The van der Waals surface area contributed by atoms with Gasteiger partial charge < -0.3 is 47.6 Å². The van der Waals surface area contributed by atoms with Gasteiger partial charge in [0.1, 0.15) is 46.5 Å². The molecule has 5 atom stereocenters. The van der Waals surface area contributed by atoms with Gasteiger partial charge in [-0.2, -0.15) is 0 Å². The van der Waals surface area contributed by atoms with Crippen LogP contribution in [0.3, 0.4) is 0 Å². The summed E-state index contributed by atoms with van der Waals surface area (Å²) in [5, 5.41) is 43.7. The lowest BCUT2D eigenvalue weighted by molar-refractivity contribution is -0.138. The highest BCUT2D eigenvalue weighted by Crippen LogP contribution is 2.28. The number of carbonyl (C=O) groups excluding carboxylic acids is 6. The van der Waals surface area contributed by atoms with Gasteiger partial charge in [-0.15, -0.1) is 0 Å². The van der Waals surface area contributed by atoms with Crippen LogP contribution in [0.4, 0.5) is 0 Å². The highest BCUT2D eigenvalue weighted by atomic mass is 16.3. The van der Waals surface area contributed by atoms with Gasteiger partial charge in [0.05, 0.1) is 0 Å². The standard InChI is InChI=1S/C39H48N6O9/c1-5-39(21-23-6-12-26(46)13-7-23)37(54)41-29(18-19-31(40)49)33(50)43-32(24-8-14-27(47)15-9-24)35(52)44-38(4,25-10-16-28(48)17-11-25)36(53)42-30(20-22(2)3)34(51)45-39/h6-17,22,29-30,32,46-48H,5,18-21H2,1-4H3,(H2,40,49)(H,41,54)(H,42,53)(H,43,50)(H,44,52)(H,45,51)/t29-,30-,32+,38+,39+/m1/s1. The number of nitrogens with two attached hydrogens (primary N) is 1. The maximum absolute atomic E-state index is 14.5. The minimum absolute atomic E-state index is 0.000643. The average Bonchev–Trinajstić information content (AvgIpc) is 3.12. The van der Waals surface area contributed by atoms with Crippen LogP contribution in [0, 0.1) is 5.92 Å². The highest BCUT2D eigenvalue weighted by Gasteiger charge is 2.45. The molecule has 0 saturated carbocycles. The van der Waals surface area contributed by atoms with Crippen molar-refractivity contribution >= 4 is 35.4 Å². The van der Waals surface area contributed by atoms with Gasteiger partial charge in [0.25, 0.3) is 5.91 Å². The molecule has 0 radical (unpaired) electrons. The number of primary amides is 1. The summed E-state index contributed by atoms with van der Waals surface area (Å²) in [6.07, 6.45) is -0.583. The van der Waals surface area contributed by atoms with Gasteiger partial charge in [-0.05, 0) is 85.2 Å². The van der Waals surface area contributed by atoms with Gasteiger partial charge in [-0.25, -0.2) is 0 Å². The summed E-state index contributed by atoms with van der Waals surface area (Å²) in [4.78, 5) is 83.8. The summed E-state index contributed by atoms with van der Waals surface area (Å²) >= 11 is 0. The molecule has 1 heterocycles. The fourth-order valence-corrected chi connectivity index (χ4v) is 6.28. The first-order chi connectivity index (χ1) is 25.5. The molecule has 1 aliphatic rings. The lowest BCUT2D eigenvalue weighted by Gasteiger charge is -2.36. The molecule has 0 unspecified atom stereocenters. The van der Waals surface area contributed by atoms with E-state index in [-0.39, 0.29) is 66.4 Å². The van der Waals surface area contributed by atoms with Crippen molar-refractivity contribution in [1.29, 1.82) is 0 Å². The fourth-order valence-electron chi connectivity index (χ4n) is 6.28. The number of hydrogen-bond acceptors (Lipinski definition) is 9. The Morgan fingerprint density at radius 1 is 0.722 bits per heavy atom. The molecule has 15 nitrogen and oxygen atoms in total. The first kappa shape index (κ1) is 40.6. The van der Waals surface area contributed by atoms with Crippen LogP contribution in [0.5, 0.6) is 17.2 Å². The van der Waals surface area contributed by atoms with E-state index in [1.807, 2.05) is 13.8 Å². The lowest BCUT2D eigenvalue weighted by atomic mass is 9.85. The minimum Gasteiger partial charge on any atom is -0.508 e. The zero-order chi connectivity index (χ0) is 39.8. The van der Waals surface area contributed by atoms with Crippen molar-refractivity contribution in [1.82, 2.24) is 26.6 Å². The van der Waals surface area contributed by atoms with Crippen molar-refractivity contribution in [3.8, 4) is 17.2 Å². The second kappa shape index (κ2) is 17.1. The first-order valence-electron chi connectivity index (χ1n) is 17.7. The minimum atomic E-state index is -1.91. The molecule has 0 aliphatic carbocycles. The van der Waals surface area contributed by atoms with E-state index in [4.69, 9.17) is 5.73 Å². The summed E-state index contributed by atoms with van der Waals surface area (Å²) in [6.45, 7) is 6.75. The number of nitrogens with one attached hydrogen (secondary N) is 5. The number of hydrogen-bond donors (Lipinski definition) is 9. The maximum atomic E-state index is 14.5. The summed E-state index contributed by atoms with van der Waals surface area (Å²) in [6, 6.07) is 12.7. The molecule has 0 bridgehead atoms. The number of benzene rings is 3. The summed E-state index contributed by atoms with van der Waals surface area (Å²) in [5.41, 5.74) is 2.77. The third-order valence-electron chi connectivity index (χ3n) is 9.52. The quantitative estimate of drug-likeness (QED) is 0.147. The van der Waals surface area contributed by atoms with Crippen LogP contribution in [0.2, 0.25) is 0 Å². The number of phenolic OH excluding ortho intramolecular Hbond substituents is 3. The summed E-state index contributed by atoms with van der Waals surface area (Å²) < 4.78 is 0. The third-order valence-corrected chi connectivity index (χ3v) is 9.52. The molecule has 4 rings (SSSR count). The zero-order valence-corrected chi connectivity index (χ0v) is 30.6. The van der Waals surface area contributed by atoms with Crippen LogP contribution in [0.15, 0.2) is 72.8 Å². The second-order valence-corrected chi connectivity index (χ2v) is 14.1. The molecule has 1 saturated heterocycles. The van der Waals surface area contributed by atoms with E-state index in [9.17, 15) is 44.1 Å². The molecule has 1 aliphatic heterocycles. The topological polar surface area (TPSA) is 249 Å². The van der Waals surface area contributed by atoms with Gasteiger partial charge in [-0.3, -0.25) is 28.8 Å². The Bertz CT molecular complexity index is 1850. The smallest absolute Gasteiger partial charge is 0.250 e. The Morgan fingerprint density at radius 2 is 1.26 bits per heavy atom. The molecule has 0 spiro atoms. The van der Waals surface area contributed by atoms with Gasteiger partial charge in [0.2, 0.25) is 29.5 Å². The third kappa shape index (κ3) is 9.85. The van der Waals surface area contributed by atoms with Gasteiger partial charge in [-0.1, -0.05) is 57.2 Å². The molecule has 0 aromatic heterocycles. The van der Waals surface area contributed by atoms with Crippen LogP contribution in [0.1, 0.15) is 76.1 Å². The van der Waals surface area contributed by atoms with E-state index in [0.29, 0.717) is 5.56 Å². The Kier molecular flexibility index (Phi) is 12.9. The summed E-state index contributed by atoms with van der Waals surface area (Å²) in [7, 11) is 0. The number of carbonyl (C=O) groups is 6. The maximum Gasteiger partial charge on any atom is 0.250 e. The van der Waals surface area contributed by atoms with Gasteiger partial charge >= 0.3 is 0 Å². The molecular formula is C39H48N6O9. The van der Waals surface area contributed by atoms with Crippen molar-refractivity contribution in [3.05, 3.63) is 89.5 Å². The van der Waals surface area contributed by atoms with Crippen LogP contribution in [0.25, 0.3) is 0 Å². The molecule has 54 heavy (non-hydrogen) atoms. The molecule has 288 valence electrons. The Labute approximate surface area is 313 Å². The molecule has 3 aromatic rings. The van der Waals surface area contributed by atoms with E-state index in [1.54, 1.807) is 19.1 Å². The van der Waals surface area contributed by atoms with Crippen LogP contribution >= 0.6 is 0 Å². The molecule has 1 fully saturated rings. The van der Waals surface area contributed by atoms with Crippen LogP contribution in [-0.2, 0) is 40.7 Å². The van der Waals surface area contributed by atoms with Crippen molar-refractivity contribution in [2.24, 2.45) is 11.7 Å². The number of rotatable bonds is 10. The second-order valence-electron chi connectivity index (χ2n) is 14.1. The van der Waals surface area contributed by atoms with Crippen molar-refractivity contribution in [2.75, 3.05) is 0 Å². The van der Waals surface area contributed by atoms with E-state index >= 15 is 0 Å². The molecule has 15 heteroatoms. The van der Waals surface area contributed by atoms with Gasteiger partial charge in [0.15, 0.2) is 0 Å². The number of amides is 6. The summed E-state index contributed by atoms with van der Waals surface area (Å²) in [5.74, 6) is -5.24. The largest absolute Gasteiger partial charge is 0.508 e. The van der Waals surface area contributed by atoms with Gasteiger partial charge in [0, 0.05) is 12.8 Å². The predicted molar refractivity (Wildman–Crippen MR) is 197 cm³/mol. The fraction of sp³-hybridized carbons (Fsp3) is 0.385. The number of phenols is 3. The van der Waals surface area contributed by atoms with E-state index < -0.39 is 64.6 Å². The SMILES string of the molecule is CC[C@@]1(Cc2ccc(O)cc2)NC(=O)[C@@H](CC(C)C)NC(=O)[C@](C)(c2ccc(O)cc2)NC(=O)[C@H](c2ccc(O)cc2)NC(=O)[C@@H](CCC(N)=O)NC1=O. The molecule has 10 N–H and O–H groups in total. The van der Waals surface area contributed by atoms with Crippen molar-refractivity contribution in [3.63, 3.8) is 0 Å². The molecular weight excluding hydrogens is 696 g/mol. The van der Waals surface area contributed by atoms with Crippen molar-refractivity contribution < 1.29 is 44.1 Å². The molecule has 3 aromatic carbocycles. The number of aromatic hydroxyl groups is 3. The average molecular weight is 745 g/mol. The lowest BCUT2D eigenvalue weighted by Crippen LogP contribution is -2.65. The highest BCUT2D eigenvalue weighted by molar-refractivity contribution is 6.01. The van der Waals surface area contributed by atoms with E-state index in [2.05, 4.69) is 26.6 Å². The molecule has 6 amide bonds. The van der Waals surface area contributed by atoms with E-state index in [1.165, 1.54) is 67.6 Å². The van der Waals surface area contributed by atoms with Crippen molar-refractivity contribution in [2.45, 2.75) is 89.0 Å². The Balaban J connectivity index is 1.94. The Morgan fingerprint density at radius 3 is 1.80 bits per heavy atom.